The summed E-state index contributed by atoms with van der Waals surface area (Å²) in [5.41, 5.74) is 6.94. The molecule has 1 fully saturated rings. The number of nitrogens with two attached hydrogens (primary N) is 1. The second kappa shape index (κ2) is 6.59. The quantitative estimate of drug-likeness (QED) is 0.823. The lowest BCUT2D eigenvalue weighted by molar-refractivity contribution is -0.137. The predicted molar refractivity (Wildman–Crippen MR) is 89.7 cm³/mol. The standard InChI is InChI=1S/C17H23N3O4/c1-10(2)17(22)20-5-3-11(4-6-20)16(21)19-13-8-15-14(7-12(13)18)23-9-24-15/h7-8,10-11H,3-6,9,18H2,1-2H3,(H,19,21). The number of nitrogens with zero attached hydrogens (tertiary/aromatic N) is 1. The molecule has 1 aromatic carbocycles. The highest BCUT2D eigenvalue weighted by atomic mass is 16.7. The van der Waals surface area contributed by atoms with Gasteiger partial charge in [-0.05, 0) is 12.8 Å². The van der Waals surface area contributed by atoms with E-state index in [2.05, 4.69) is 5.32 Å². The summed E-state index contributed by atoms with van der Waals surface area (Å²) in [5, 5.41) is 2.87. The number of rotatable bonds is 3. The van der Waals surface area contributed by atoms with E-state index >= 15 is 0 Å². The van der Waals surface area contributed by atoms with Gasteiger partial charge < -0.3 is 25.4 Å². The van der Waals surface area contributed by atoms with Crippen molar-refractivity contribution in [2.24, 2.45) is 11.8 Å². The van der Waals surface area contributed by atoms with Crippen molar-refractivity contribution in [1.29, 1.82) is 0 Å². The molecule has 7 nitrogen and oxygen atoms in total. The van der Waals surface area contributed by atoms with Crippen molar-refractivity contribution < 1.29 is 19.1 Å². The van der Waals surface area contributed by atoms with Crippen LogP contribution in [-0.2, 0) is 9.59 Å². The third-order valence-electron chi connectivity index (χ3n) is 4.47. The summed E-state index contributed by atoms with van der Waals surface area (Å²) in [5.74, 6) is 1.11. The van der Waals surface area contributed by atoms with Crippen molar-refractivity contribution in [1.82, 2.24) is 4.90 Å². The average Bonchev–Trinajstić information content (AvgIpc) is 3.01. The number of piperidine rings is 1. The Hall–Kier alpha value is -2.44. The predicted octanol–water partition coefficient (Wildman–Crippen LogP) is 1.83. The molecule has 0 radical (unpaired) electrons. The first-order chi connectivity index (χ1) is 11.5. The van der Waals surface area contributed by atoms with Crippen LogP contribution < -0.4 is 20.5 Å². The Labute approximate surface area is 141 Å². The Balaban J connectivity index is 1.60. The molecule has 0 bridgehead atoms. The molecule has 2 aliphatic rings. The van der Waals surface area contributed by atoms with Crippen molar-refractivity contribution in [2.45, 2.75) is 26.7 Å². The number of carbonyl (C=O) groups is 2. The molecule has 3 rings (SSSR count). The second-order valence-electron chi connectivity index (χ2n) is 6.54. The van der Waals surface area contributed by atoms with E-state index in [9.17, 15) is 9.59 Å². The molecular weight excluding hydrogens is 310 g/mol. The number of likely N-dealkylation sites (tertiary alicyclic amines) is 1. The lowest BCUT2D eigenvalue weighted by Crippen LogP contribution is -2.43. The molecule has 3 N–H and O–H groups in total. The van der Waals surface area contributed by atoms with Crippen molar-refractivity contribution in [2.75, 3.05) is 30.9 Å². The van der Waals surface area contributed by atoms with Crippen LogP contribution in [0, 0.1) is 11.8 Å². The topological polar surface area (TPSA) is 93.9 Å². The maximum Gasteiger partial charge on any atom is 0.231 e. The summed E-state index contributed by atoms with van der Waals surface area (Å²) in [4.78, 5) is 26.3. The number of nitrogens with one attached hydrogen (secondary N) is 1. The maximum atomic E-state index is 12.5. The van der Waals surface area contributed by atoms with Crippen LogP contribution in [0.4, 0.5) is 11.4 Å². The number of benzene rings is 1. The van der Waals surface area contributed by atoms with Gasteiger partial charge in [-0.25, -0.2) is 0 Å². The molecule has 0 aromatic heterocycles. The summed E-state index contributed by atoms with van der Waals surface area (Å²) < 4.78 is 10.6. The first kappa shape index (κ1) is 16.4. The SMILES string of the molecule is CC(C)C(=O)N1CCC(C(=O)Nc2cc3c(cc2N)OCO3)CC1. The highest BCUT2D eigenvalue weighted by Gasteiger charge is 2.29. The Bertz CT molecular complexity index is 651. The molecule has 0 unspecified atom stereocenters. The summed E-state index contributed by atoms with van der Waals surface area (Å²) in [6.07, 6.45) is 1.32. The fourth-order valence-electron chi connectivity index (χ4n) is 3.03. The minimum Gasteiger partial charge on any atom is -0.454 e. The van der Waals surface area contributed by atoms with Crippen molar-refractivity contribution in [3.8, 4) is 11.5 Å². The highest BCUT2D eigenvalue weighted by Crippen LogP contribution is 2.38. The summed E-state index contributed by atoms with van der Waals surface area (Å²) >= 11 is 0. The molecule has 2 aliphatic heterocycles. The van der Waals surface area contributed by atoms with E-state index < -0.39 is 0 Å². The zero-order chi connectivity index (χ0) is 17.3. The molecule has 2 heterocycles. The molecule has 24 heavy (non-hydrogen) atoms. The Morgan fingerprint density at radius 3 is 2.46 bits per heavy atom. The lowest BCUT2D eigenvalue weighted by atomic mass is 9.95. The number of ether oxygens (including phenoxy) is 2. The van der Waals surface area contributed by atoms with Crippen LogP contribution in [0.5, 0.6) is 11.5 Å². The molecule has 0 saturated carbocycles. The van der Waals surface area contributed by atoms with E-state index in [-0.39, 0.29) is 30.4 Å². The lowest BCUT2D eigenvalue weighted by Gasteiger charge is -2.32. The summed E-state index contributed by atoms with van der Waals surface area (Å²) in [6.45, 7) is 5.18. The molecule has 130 valence electrons. The summed E-state index contributed by atoms with van der Waals surface area (Å²) in [7, 11) is 0. The van der Waals surface area contributed by atoms with Crippen molar-refractivity contribution in [3.63, 3.8) is 0 Å². The maximum absolute atomic E-state index is 12.5. The minimum absolute atomic E-state index is 0.0104. The zero-order valence-electron chi connectivity index (χ0n) is 14.0. The number of carbonyl (C=O) groups excluding carboxylic acids is 2. The average molecular weight is 333 g/mol. The number of nitrogen functional groups attached to an aromatic ring is 1. The molecular formula is C17H23N3O4. The van der Waals surface area contributed by atoms with Gasteiger partial charge in [-0.1, -0.05) is 13.8 Å². The zero-order valence-corrected chi connectivity index (χ0v) is 14.0. The van der Waals surface area contributed by atoms with Crippen LogP contribution in [0.15, 0.2) is 12.1 Å². The van der Waals surface area contributed by atoms with E-state index in [1.807, 2.05) is 18.7 Å². The van der Waals surface area contributed by atoms with E-state index in [4.69, 9.17) is 15.2 Å². The molecule has 0 aliphatic carbocycles. The number of amides is 2. The van der Waals surface area contributed by atoms with Gasteiger partial charge in [0.2, 0.25) is 18.6 Å². The number of fused-ring (bicyclic) bond motifs is 1. The van der Waals surface area contributed by atoms with Gasteiger partial charge in [-0.15, -0.1) is 0 Å². The van der Waals surface area contributed by atoms with Crippen LogP contribution in [0.3, 0.4) is 0 Å². The van der Waals surface area contributed by atoms with Gasteiger partial charge in [0.05, 0.1) is 11.4 Å². The van der Waals surface area contributed by atoms with Crippen LogP contribution in [0.1, 0.15) is 26.7 Å². The van der Waals surface area contributed by atoms with Gasteiger partial charge >= 0.3 is 0 Å². The molecule has 1 saturated heterocycles. The molecule has 1 aromatic rings. The van der Waals surface area contributed by atoms with E-state index in [0.717, 1.165) is 0 Å². The first-order valence-corrected chi connectivity index (χ1v) is 8.24. The minimum atomic E-state index is -0.119. The number of hydrogen-bond acceptors (Lipinski definition) is 5. The number of anilines is 2. The van der Waals surface area contributed by atoms with Crippen LogP contribution in [0.25, 0.3) is 0 Å². The van der Waals surface area contributed by atoms with Gasteiger partial charge in [0.25, 0.3) is 0 Å². The largest absolute Gasteiger partial charge is 0.454 e. The Morgan fingerprint density at radius 2 is 1.83 bits per heavy atom. The summed E-state index contributed by atoms with van der Waals surface area (Å²) in [6, 6.07) is 3.34. The van der Waals surface area contributed by atoms with E-state index in [0.29, 0.717) is 48.8 Å². The van der Waals surface area contributed by atoms with Crippen LogP contribution in [0.2, 0.25) is 0 Å². The molecule has 0 atom stereocenters. The fourth-order valence-corrected chi connectivity index (χ4v) is 3.03. The number of hydrogen-bond donors (Lipinski definition) is 2. The third-order valence-corrected chi connectivity index (χ3v) is 4.47. The van der Waals surface area contributed by atoms with Gasteiger partial charge in [0.15, 0.2) is 11.5 Å². The van der Waals surface area contributed by atoms with Crippen LogP contribution in [-0.4, -0.2) is 36.6 Å². The molecule has 7 heteroatoms. The second-order valence-corrected chi connectivity index (χ2v) is 6.54. The van der Waals surface area contributed by atoms with Gasteiger partial charge in [0.1, 0.15) is 0 Å². The van der Waals surface area contributed by atoms with Gasteiger partial charge in [-0.2, -0.15) is 0 Å². The van der Waals surface area contributed by atoms with Crippen LogP contribution >= 0.6 is 0 Å². The van der Waals surface area contributed by atoms with E-state index in [1.165, 1.54) is 0 Å². The highest BCUT2D eigenvalue weighted by molar-refractivity contribution is 5.96. The smallest absolute Gasteiger partial charge is 0.231 e. The first-order valence-electron chi connectivity index (χ1n) is 8.24. The normalized spacial score (nSPS) is 17.2. The van der Waals surface area contributed by atoms with Gasteiger partial charge in [0, 0.05) is 37.1 Å². The van der Waals surface area contributed by atoms with E-state index in [1.54, 1.807) is 12.1 Å². The monoisotopic (exact) mass is 333 g/mol. The molecule has 2 amide bonds. The third kappa shape index (κ3) is 3.25. The fraction of sp³-hybridized carbons (Fsp3) is 0.529. The Morgan fingerprint density at radius 1 is 1.21 bits per heavy atom. The van der Waals surface area contributed by atoms with Crippen molar-refractivity contribution in [3.05, 3.63) is 12.1 Å². The molecule has 0 spiro atoms. The van der Waals surface area contributed by atoms with Gasteiger partial charge in [-0.3, -0.25) is 9.59 Å². The Kier molecular flexibility index (Phi) is 4.51. The van der Waals surface area contributed by atoms with Crippen molar-refractivity contribution >= 4 is 23.2 Å².